The lowest BCUT2D eigenvalue weighted by Crippen LogP contribution is -1.85. The molecule has 0 bridgehead atoms. The standard InChI is InChI=1S/C10H9FO2/c11-7-9-3-1-8(2-4-9)5-6-10(12)13/h1-6H,7H2,(H,12,13)/b6-5+. The highest BCUT2D eigenvalue weighted by Gasteiger charge is 1.91. The van der Waals surface area contributed by atoms with Crippen LogP contribution in [0.25, 0.3) is 6.08 Å². The normalized spacial score (nSPS) is 10.5. The SMILES string of the molecule is O=C(O)/C=C/c1ccc(CF)cc1. The maximum atomic E-state index is 12.1. The second-order valence-corrected chi connectivity index (χ2v) is 2.55. The van der Waals surface area contributed by atoms with E-state index in [9.17, 15) is 9.18 Å². The molecule has 13 heavy (non-hydrogen) atoms. The molecular formula is C10H9FO2. The predicted molar refractivity (Wildman–Crippen MR) is 47.9 cm³/mol. The quantitative estimate of drug-likeness (QED) is 0.724. The lowest BCUT2D eigenvalue weighted by molar-refractivity contribution is -0.131. The van der Waals surface area contributed by atoms with Gasteiger partial charge >= 0.3 is 5.97 Å². The second-order valence-electron chi connectivity index (χ2n) is 2.55. The van der Waals surface area contributed by atoms with Crippen molar-refractivity contribution in [1.82, 2.24) is 0 Å². The summed E-state index contributed by atoms with van der Waals surface area (Å²) in [6.45, 7) is -0.497. The third-order valence-corrected chi connectivity index (χ3v) is 1.55. The monoisotopic (exact) mass is 180 g/mol. The Morgan fingerprint density at radius 3 is 2.46 bits per heavy atom. The molecule has 0 aliphatic rings. The van der Waals surface area contributed by atoms with Crippen molar-refractivity contribution in [3.05, 3.63) is 41.5 Å². The molecule has 1 aromatic rings. The molecule has 0 aliphatic carbocycles. The number of benzene rings is 1. The summed E-state index contributed by atoms with van der Waals surface area (Å²) in [6, 6.07) is 6.60. The lowest BCUT2D eigenvalue weighted by atomic mass is 10.1. The average Bonchev–Trinajstić information content (AvgIpc) is 2.15. The molecular weight excluding hydrogens is 171 g/mol. The molecule has 0 radical (unpaired) electrons. The molecule has 1 N–H and O–H groups in total. The first-order chi connectivity index (χ1) is 6.22. The molecule has 2 nitrogen and oxygen atoms in total. The lowest BCUT2D eigenvalue weighted by Gasteiger charge is -1.94. The molecule has 3 heteroatoms. The number of carboxylic acid groups (broad SMARTS) is 1. The molecule has 1 rings (SSSR count). The van der Waals surface area contributed by atoms with E-state index in [-0.39, 0.29) is 0 Å². The largest absolute Gasteiger partial charge is 0.478 e. The van der Waals surface area contributed by atoms with Gasteiger partial charge in [-0.2, -0.15) is 0 Å². The van der Waals surface area contributed by atoms with E-state index in [2.05, 4.69) is 0 Å². The van der Waals surface area contributed by atoms with Crippen LogP contribution >= 0.6 is 0 Å². The van der Waals surface area contributed by atoms with Crippen molar-refractivity contribution >= 4 is 12.0 Å². The minimum atomic E-state index is -0.991. The van der Waals surface area contributed by atoms with E-state index in [1.807, 2.05) is 0 Å². The second kappa shape index (κ2) is 4.40. The molecule has 0 unspecified atom stereocenters. The Kier molecular flexibility index (Phi) is 3.20. The van der Waals surface area contributed by atoms with Gasteiger partial charge in [-0.1, -0.05) is 24.3 Å². The van der Waals surface area contributed by atoms with Gasteiger partial charge in [0, 0.05) is 6.08 Å². The zero-order chi connectivity index (χ0) is 9.68. The molecule has 0 saturated heterocycles. The van der Waals surface area contributed by atoms with E-state index < -0.39 is 12.6 Å². The smallest absolute Gasteiger partial charge is 0.328 e. The molecule has 1 aromatic carbocycles. The van der Waals surface area contributed by atoms with Crippen LogP contribution in [0.1, 0.15) is 11.1 Å². The van der Waals surface area contributed by atoms with Gasteiger partial charge in [0.15, 0.2) is 0 Å². The van der Waals surface area contributed by atoms with Gasteiger partial charge in [-0.3, -0.25) is 0 Å². The van der Waals surface area contributed by atoms with Crippen LogP contribution in [0.5, 0.6) is 0 Å². The number of carbonyl (C=O) groups is 1. The molecule has 0 fully saturated rings. The summed E-state index contributed by atoms with van der Waals surface area (Å²) in [6.07, 6.45) is 2.51. The first-order valence-corrected chi connectivity index (χ1v) is 3.78. The van der Waals surface area contributed by atoms with Crippen LogP contribution in [0.15, 0.2) is 30.3 Å². The predicted octanol–water partition coefficient (Wildman–Crippen LogP) is 2.25. The summed E-state index contributed by atoms with van der Waals surface area (Å²) in [4.78, 5) is 10.1. The van der Waals surface area contributed by atoms with Gasteiger partial charge in [0.1, 0.15) is 6.67 Å². The summed E-state index contributed by atoms with van der Waals surface area (Å²) in [5.74, 6) is -0.991. The number of halogens is 1. The van der Waals surface area contributed by atoms with Crippen molar-refractivity contribution in [1.29, 1.82) is 0 Å². The van der Waals surface area contributed by atoms with E-state index in [1.165, 1.54) is 6.08 Å². The third-order valence-electron chi connectivity index (χ3n) is 1.55. The molecule has 68 valence electrons. The summed E-state index contributed by atoms with van der Waals surface area (Å²) in [7, 11) is 0. The number of rotatable bonds is 3. The molecule has 0 amide bonds. The topological polar surface area (TPSA) is 37.3 Å². The molecule has 0 aromatic heterocycles. The van der Waals surface area contributed by atoms with Gasteiger partial charge in [0.05, 0.1) is 0 Å². The van der Waals surface area contributed by atoms with Crippen molar-refractivity contribution in [3.8, 4) is 0 Å². The van der Waals surface area contributed by atoms with Crippen LogP contribution in [-0.2, 0) is 11.5 Å². The first kappa shape index (κ1) is 9.45. The van der Waals surface area contributed by atoms with E-state index in [1.54, 1.807) is 24.3 Å². The highest BCUT2D eigenvalue weighted by Crippen LogP contribution is 2.06. The third kappa shape index (κ3) is 3.07. The number of alkyl halides is 1. The molecule has 0 heterocycles. The van der Waals surface area contributed by atoms with Gasteiger partial charge < -0.3 is 5.11 Å². The number of hydrogen-bond donors (Lipinski definition) is 1. The summed E-state index contributed by atoms with van der Waals surface area (Å²) in [5.41, 5.74) is 1.34. The summed E-state index contributed by atoms with van der Waals surface area (Å²) >= 11 is 0. The molecule has 0 saturated carbocycles. The minimum absolute atomic E-state index is 0.497. The molecule has 0 spiro atoms. The average molecular weight is 180 g/mol. The molecule has 0 atom stereocenters. The first-order valence-electron chi connectivity index (χ1n) is 3.78. The van der Waals surface area contributed by atoms with E-state index in [4.69, 9.17) is 5.11 Å². The van der Waals surface area contributed by atoms with Crippen LogP contribution in [-0.4, -0.2) is 11.1 Å². The van der Waals surface area contributed by atoms with Crippen LogP contribution in [0.3, 0.4) is 0 Å². The van der Waals surface area contributed by atoms with Crippen LogP contribution in [0.2, 0.25) is 0 Å². The fraction of sp³-hybridized carbons (Fsp3) is 0.100. The van der Waals surface area contributed by atoms with Crippen molar-refractivity contribution in [2.45, 2.75) is 6.67 Å². The maximum Gasteiger partial charge on any atom is 0.328 e. The van der Waals surface area contributed by atoms with E-state index >= 15 is 0 Å². The van der Waals surface area contributed by atoms with Gasteiger partial charge in [-0.05, 0) is 17.2 Å². The van der Waals surface area contributed by atoms with Crippen molar-refractivity contribution in [2.24, 2.45) is 0 Å². The van der Waals surface area contributed by atoms with Gasteiger partial charge in [-0.15, -0.1) is 0 Å². The van der Waals surface area contributed by atoms with Crippen molar-refractivity contribution < 1.29 is 14.3 Å². The Bertz CT molecular complexity index is 314. The number of aliphatic carboxylic acids is 1. The zero-order valence-electron chi connectivity index (χ0n) is 6.90. The van der Waals surface area contributed by atoms with E-state index in [0.29, 0.717) is 5.56 Å². The highest BCUT2D eigenvalue weighted by atomic mass is 19.1. The minimum Gasteiger partial charge on any atom is -0.478 e. The zero-order valence-corrected chi connectivity index (χ0v) is 6.90. The van der Waals surface area contributed by atoms with E-state index in [0.717, 1.165) is 11.6 Å². The van der Waals surface area contributed by atoms with Crippen molar-refractivity contribution in [3.63, 3.8) is 0 Å². The van der Waals surface area contributed by atoms with Crippen LogP contribution in [0, 0.1) is 0 Å². The summed E-state index contributed by atoms with van der Waals surface area (Å²) < 4.78 is 12.1. The Morgan fingerprint density at radius 1 is 1.38 bits per heavy atom. The summed E-state index contributed by atoms with van der Waals surface area (Å²) in [5, 5.41) is 8.33. The van der Waals surface area contributed by atoms with Crippen LogP contribution in [0.4, 0.5) is 4.39 Å². The van der Waals surface area contributed by atoms with Gasteiger partial charge in [-0.25, -0.2) is 9.18 Å². The fourth-order valence-electron chi connectivity index (χ4n) is 0.885. The van der Waals surface area contributed by atoms with Crippen molar-refractivity contribution in [2.75, 3.05) is 0 Å². The van der Waals surface area contributed by atoms with Crippen LogP contribution < -0.4 is 0 Å². The highest BCUT2D eigenvalue weighted by molar-refractivity contribution is 5.85. The Hall–Kier alpha value is -1.64. The number of hydrogen-bond acceptors (Lipinski definition) is 1. The number of carboxylic acids is 1. The Balaban J connectivity index is 2.75. The Morgan fingerprint density at radius 2 is 2.00 bits per heavy atom. The van der Waals surface area contributed by atoms with Gasteiger partial charge in [0.25, 0.3) is 0 Å². The van der Waals surface area contributed by atoms with Gasteiger partial charge in [0.2, 0.25) is 0 Å². The Labute approximate surface area is 75.3 Å². The fourth-order valence-corrected chi connectivity index (χ4v) is 0.885. The maximum absolute atomic E-state index is 12.1. The molecule has 0 aliphatic heterocycles.